The van der Waals surface area contributed by atoms with Crippen molar-refractivity contribution in [1.82, 2.24) is 0 Å². The second-order valence-electron chi connectivity index (χ2n) is 4.73. The number of carbonyl (C=O) groups excluding carboxylic acids is 2. The number of nitrogens with one attached hydrogen (secondary N) is 1. The molecule has 0 atom stereocenters. The molecule has 0 radical (unpaired) electrons. The smallest absolute Gasteiger partial charge is 0.283 e. The van der Waals surface area contributed by atoms with Crippen molar-refractivity contribution < 1.29 is 14.7 Å². The SMILES string of the molecule is O=C1C(Cl)=C(Nc2ccccc2O)C(=O)N1c1ccccc1Cl. The zero-order valence-electron chi connectivity index (χ0n) is 11.6. The van der Waals surface area contributed by atoms with E-state index in [0.29, 0.717) is 0 Å². The number of halogens is 2. The third kappa shape index (κ3) is 2.65. The van der Waals surface area contributed by atoms with Crippen LogP contribution >= 0.6 is 23.2 Å². The Morgan fingerprint density at radius 1 is 0.913 bits per heavy atom. The molecule has 0 saturated carbocycles. The fourth-order valence-electron chi connectivity index (χ4n) is 2.18. The number of hydrogen-bond donors (Lipinski definition) is 2. The summed E-state index contributed by atoms with van der Waals surface area (Å²) in [4.78, 5) is 25.8. The maximum atomic E-state index is 12.6. The quantitative estimate of drug-likeness (QED) is 0.658. The standard InChI is InChI=1S/C16H10Cl2N2O3/c17-9-5-1-3-7-11(9)20-15(22)13(18)14(16(20)23)19-10-6-2-4-8-12(10)21/h1-8,19,21H. The summed E-state index contributed by atoms with van der Waals surface area (Å²) < 4.78 is 0. The molecule has 1 aliphatic rings. The highest BCUT2D eigenvalue weighted by Gasteiger charge is 2.39. The Morgan fingerprint density at radius 2 is 1.57 bits per heavy atom. The number of anilines is 2. The number of phenolic OH excluding ortho intramolecular Hbond substituents is 1. The molecule has 7 heteroatoms. The second kappa shape index (κ2) is 5.95. The Hall–Kier alpha value is -2.50. The Balaban J connectivity index is 1.97. The van der Waals surface area contributed by atoms with Gasteiger partial charge in [0, 0.05) is 0 Å². The van der Waals surface area contributed by atoms with E-state index >= 15 is 0 Å². The molecule has 0 aliphatic carbocycles. The number of rotatable bonds is 3. The van der Waals surface area contributed by atoms with Gasteiger partial charge in [-0.25, -0.2) is 4.90 Å². The fourth-order valence-corrected chi connectivity index (χ4v) is 2.61. The Labute approximate surface area is 141 Å². The maximum absolute atomic E-state index is 12.6. The van der Waals surface area contributed by atoms with Crippen LogP contribution in [0, 0.1) is 0 Å². The molecule has 23 heavy (non-hydrogen) atoms. The van der Waals surface area contributed by atoms with Gasteiger partial charge in [-0.3, -0.25) is 9.59 Å². The van der Waals surface area contributed by atoms with Gasteiger partial charge < -0.3 is 10.4 Å². The number of amides is 2. The van der Waals surface area contributed by atoms with Crippen molar-refractivity contribution >= 4 is 46.4 Å². The van der Waals surface area contributed by atoms with E-state index in [0.717, 1.165) is 4.90 Å². The first-order chi connectivity index (χ1) is 11.0. The van der Waals surface area contributed by atoms with Crippen LogP contribution in [0.3, 0.4) is 0 Å². The highest BCUT2D eigenvalue weighted by Crippen LogP contribution is 2.35. The van der Waals surface area contributed by atoms with Gasteiger partial charge in [-0.1, -0.05) is 47.5 Å². The molecule has 3 rings (SSSR count). The predicted molar refractivity (Wildman–Crippen MR) is 88.6 cm³/mol. The molecule has 0 bridgehead atoms. The van der Waals surface area contributed by atoms with Crippen LogP contribution in [0.25, 0.3) is 0 Å². The number of carbonyl (C=O) groups is 2. The van der Waals surface area contributed by atoms with Crippen LogP contribution in [0.15, 0.2) is 59.3 Å². The number of phenols is 1. The lowest BCUT2D eigenvalue weighted by molar-refractivity contribution is -0.120. The summed E-state index contributed by atoms with van der Waals surface area (Å²) in [6.07, 6.45) is 0. The van der Waals surface area contributed by atoms with Crippen LogP contribution in [-0.4, -0.2) is 16.9 Å². The van der Waals surface area contributed by atoms with Gasteiger partial charge in [-0.05, 0) is 24.3 Å². The molecule has 2 N–H and O–H groups in total. The number of para-hydroxylation sites is 3. The largest absolute Gasteiger partial charge is 0.506 e. The first-order valence-corrected chi connectivity index (χ1v) is 7.34. The van der Waals surface area contributed by atoms with E-state index in [1.807, 2.05) is 0 Å². The van der Waals surface area contributed by atoms with Crippen LogP contribution in [-0.2, 0) is 9.59 Å². The molecule has 2 aromatic rings. The minimum Gasteiger partial charge on any atom is -0.506 e. The third-order valence-electron chi connectivity index (χ3n) is 3.28. The molecular formula is C16H10Cl2N2O3. The molecule has 0 fully saturated rings. The van der Waals surface area contributed by atoms with Gasteiger partial charge in [0.1, 0.15) is 16.5 Å². The monoisotopic (exact) mass is 348 g/mol. The van der Waals surface area contributed by atoms with Crippen LogP contribution < -0.4 is 10.2 Å². The molecule has 0 aromatic heterocycles. The Morgan fingerprint density at radius 3 is 2.26 bits per heavy atom. The summed E-state index contributed by atoms with van der Waals surface area (Å²) in [5.74, 6) is -1.39. The lowest BCUT2D eigenvalue weighted by atomic mass is 10.2. The zero-order valence-corrected chi connectivity index (χ0v) is 13.1. The van der Waals surface area contributed by atoms with Crippen LogP contribution in [0.5, 0.6) is 5.75 Å². The van der Waals surface area contributed by atoms with E-state index in [1.165, 1.54) is 6.07 Å². The van der Waals surface area contributed by atoms with Gasteiger partial charge in [-0.2, -0.15) is 0 Å². The predicted octanol–water partition coefficient (Wildman–Crippen LogP) is 3.48. The van der Waals surface area contributed by atoms with E-state index in [4.69, 9.17) is 23.2 Å². The molecular weight excluding hydrogens is 339 g/mol. The molecule has 1 aliphatic heterocycles. The lowest BCUT2D eigenvalue weighted by Gasteiger charge is -2.16. The van der Waals surface area contributed by atoms with E-state index in [-0.39, 0.29) is 32.9 Å². The van der Waals surface area contributed by atoms with E-state index < -0.39 is 11.8 Å². The van der Waals surface area contributed by atoms with E-state index in [9.17, 15) is 14.7 Å². The molecule has 0 spiro atoms. The number of aromatic hydroxyl groups is 1. The molecule has 0 saturated heterocycles. The summed E-state index contributed by atoms with van der Waals surface area (Å²) in [5, 5.41) is 12.5. The van der Waals surface area contributed by atoms with Crippen LogP contribution in [0.1, 0.15) is 0 Å². The van der Waals surface area contributed by atoms with Gasteiger partial charge in [-0.15, -0.1) is 0 Å². The highest BCUT2D eigenvalue weighted by atomic mass is 35.5. The van der Waals surface area contributed by atoms with Gasteiger partial charge in [0.05, 0.1) is 16.4 Å². The minimum absolute atomic E-state index is 0.0686. The number of benzene rings is 2. The second-order valence-corrected chi connectivity index (χ2v) is 5.51. The molecule has 116 valence electrons. The first kappa shape index (κ1) is 15.4. The number of hydrogen-bond acceptors (Lipinski definition) is 4. The summed E-state index contributed by atoms with van der Waals surface area (Å²) in [7, 11) is 0. The van der Waals surface area contributed by atoms with Crippen molar-refractivity contribution in [2.24, 2.45) is 0 Å². The van der Waals surface area contributed by atoms with Crippen LogP contribution in [0.2, 0.25) is 5.02 Å². The summed E-state index contributed by atoms with van der Waals surface area (Å²) in [6.45, 7) is 0. The zero-order chi connectivity index (χ0) is 16.6. The number of nitrogens with zero attached hydrogens (tertiary/aromatic N) is 1. The lowest BCUT2D eigenvalue weighted by Crippen LogP contribution is -2.32. The van der Waals surface area contributed by atoms with Gasteiger partial charge in [0.2, 0.25) is 0 Å². The Bertz CT molecular complexity index is 849. The van der Waals surface area contributed by atoms with E-state index in [1.54, 1.807) is 42.5 Å². The number of imide groups is 1. The van der Waals surface area contributed by atoms with Crippen molar-refractivity contribution in [2.75, 3.05) is 10.2 Å². The molecule has 2 amide bonds. The van der Waals surface area contributed by atoms with Gasteiger partial charge >= 0.3 is 0 Å². The van der Waals surface area contributed by atoms with Gasteiger partial charge in [0.25, 0.3) is 11.8 Å². The molecule has 5 nitrogen and oxygen atoms in total. The molecule has 0 unspecified atom stereocenters. The summed E-state index contributed by atoms with van der Waals surface area (Å²) >= 11 is 12.1. The van der Waals surface area contributed by atoms with Crippen LogP contribution in [0.4, 0.5) is 11.4 Å². The maximum Gasteiger partial charge on any atom is 0.283 e. The summed E-state index contributed by atoms with van der Waals surface area (Å²) in [6, 6.07) is 12.8. The van der Waals surface area contributed by atoms with E-state index in [2.05, 4.69) is 5.32 Å². The van der Waals surface area contributed by atoms with Gasteiger partial charge in [0.15, 0.2) is 0 Å². The minimum atomic E-state index is -0.678. The van der Waals surface area contributed by atoms with Crippen molar-refractivity contribution in [3.05, 3.63) is 64.3 Å². The topological polar surface area (TPSA) is 69.6 Å². The van der Waals surface area contributed by atoms with Crippen molar-refractivity contribution in [3.8, 4) is 5.75 Å². The third-order valence-corrected chi connectivity index (χ3v) is 3.95. The average Bonchev–Trinajstić information content (AvgIpc) is 2.74. The highest BCUT2D eigenvalue weighted by molar-refractivity contribution is 6.53. The Kier molecular flexibility index (Phi) is 3.98. The summed E-state index contributed by atoms with van der Waals surface area (Å²) in [5.41, 5.74) is 0.400. The van der Waals surface area contributed by atoms with Crippen molar-refractivity contribution in [1.29, 1.82) is 0 Å². The average molecular weight is 349 g/mol. The normalized spacial score (nSPS) is 14.6. The van der Waals surface area contributed by atoms with Crippen molar-refractivity contribution in [2.45, 2.75) is 0 Å². The first-order valence-electron chi connectivity index (χ1n) is 6.59. The van der Waals surface area contributed by atoms with Crippen molar-refractivity contribution in [3.63, 3.8) is 0 Å². The molecule has 2 aromatic carbocycles. The molecule has 1 heterocycles. The fraction of sp³-hybridized carbons (Fsp3) is 0.